The van der Waals surface area contributed by atoms with Crippen LogP contribution in [0.1, 0.15) is 43.3 Å². The Morgan fingerprint density at radius 1 is 1.21 bits per heavy atom. The first-order valence-electron chi connectivity index (χ1n) is 10.3. The molecule has 1 unspecified atom stereocenters. The van der Waals surface area contributed by atoms with Gasteiger partial charge in [-0.2, -0.15) is 0 Å². The number of furan rings is 1. The van der Waals surface area contributed by atoms with Gasteiger partial charge in [0, 0.05) is 13.7 Å². The Balaban J connectivity index is 1.70. The minimum atomic E-state index is -0.512. The molecule has 2 aromatic rings. The SMILES string of the molecule is CCOC(=O)C1(CC=Cc2ccccc2)CCCN(Cc2ccc(COC)o2)C1. The van der Waals surface area contributed by atoms with Crippen molar-refractivity contribution in [2.75, 3.05) is 26.8 Å². The zero-order valence-corrected chi connectivity index (χ0v) is 17.4. The molecule has 0 bridgehead atoms. The van der Waals surface area contributed by atoms with E-state index in [9.17, 15) is 4.79 Å². The maximum absolute atomic E-state index is 12.9. The van der Waals surface area contributed by atoms with Gasteiger partial charge < -0.3 is 13.9 Å². The number of rotatable bonds is 9. The predicted octanol–water partition coefficient (Wildman–Crippen LogP) is 4.67. The van der Waals surface area contributed by atoms with Crippen LogP contribution in [0, 0.1) is 5.41 Å². The smallest absolute Gasteiger partial charge is 0.313 e. The molecule has 1 saturated heterocycles. The topological polar surface area (TPSA) is 51.9 Å². The quantitative estimate of drug-likeness (QED) is 0.575. The van der Waals surface area contributed by atoms with Gasteiger partial charge in [-0.05, 0) is 50.4 Å². The summed E-state index contributed by atoms with van der Waals surface area (Å²) in [7, 11) is 1.66. The Labute approximate surface area is 173 Å². The third-order valence-electron chi connectivity index (χ3n) is 5.37. The molecule has 0 aliphatic carbocycles. The number of ether oxygens (including phenoxy) is 2. The standard InChI is InChI=1S/C24H31NO4/c1-3-28-23(26)24(14-7-11-20-9-5-4-6-10-20)15-8-16-25(19-24)17-21-12-13-22(29-21)18-27-2/h4-7,9-13H,3,8,14-19H2,1-2H3. The molecule has 1 fully saturated rings. The van der Waals surface area contributed by atoms with Crippen LogP contribution >= 0.6 is 0 Å². The predicted molar refractivity (Wildman–Crippen MR) is 113 cm³/mol. The molecule has 1 aromatic carbocycles. The van der Waals surface area contributed by atoms with Crippen molar-refractivity contribution in [1.82, 2.24) is 4.90 Å². The van der Waals surface area contributed by atoms with Gasteiger partial charge in [-0.15, -0.1) is 0 Å². The van der Waals surface area contributed by atoms with Crippen LogP contribution < -0.4 is 0 Å². The fourth-order valence-corrected chi connectivity index (χ4v) is 4.00. The molecule has 0 radical (unpaired) electrons. The van der Waals surface area contributed by atoms with Gasteiger partial charge >= 0.3 is 5.97 Å². The van der Waals surface area contributed by atoms with Gasteiger partial charge in [-0.25, -0.2) is 0 Å². The van der Waals surface area contributed by atoms with Crippen LogP contribution in [-0.2, 0) is 27.4 Å². The molecule has 2 heterocycles. The highest BCUT2D eigenvalue weighted by molar-refractivity contribution is 5.77. The molecule has 1 aliphatic rings. The summed E-state index contributed by atoms with van der Waals surface area (Å²) in [5.74, 6) is 1.63. The zero-order valence-electron chi connectivity index (χ0n) is 17.4. The fraction of sp³-hybridized carbons (Fsp3) is 0.458. The highest BCUT2D eigenvalue weighted by Crippen LogP contribution is 2.36. The minimum absolute atomic E-state index is 0.0954. The van der Waals surface area contributed by atoms with E-state index in [-0.39, 0.29) is 5.97 Å². The van der Waals surface area contributed by atoms with Crippen molar-refractivity contribution in [2.45, 2.75) is 39.3 Å². The van der Waals surface area contributed by atoms with Crippen LogP contribution in [0.5, 0.6) is 0 Å². The van der Waals surface area contributed by atoms with E-state index in [2.05, 4.69) is 29.2 Å². The maximum Gasteiger partial charge on any atom is 0.313 e. The van der Waals surface area contributed by atoms with Crippen molar-refractivity contribution >= 4 is 12.0 Å². The molecular weight excluding hydrogens is 366 g/mol. The highest BCUT2D eigenvalue weighted by Gasteiger charge is 2.42. The molecule has 1 atom stereocenters. The average molecular weight is 398 g/mol. The lowest BCUT2D eigenvalue weighted by Gasteiger charge is -2.40. The summed E-state index contributed by atoms with van der Waals surface area (Å²) in [6.07, 6.45) is 6.67. The first-order chi connectivity index (χ1) is 14.1. The lowest BCUT2D eigenvalue weighted by molar-refractivity contribution is -0.159. The van der Waals surface area contributed by atoms with Gasteiger partial charge in [-0.1, -0.05) is 42.5 Å². The summed E-state index contributed by atoms with van der Waals surface area (Å²) in [5, 5.41) is 0. The second-order valence-electron chi connectivity index (χ2n) is 7.63. The van der Waals surface area contributed by atoms with Crippen molar-refractivity contribution in [3.05, 3.63) is 65.6 Å². The summed E-state index contributed by atoms with van der Waals surface area (Å²) < 4.78 is 16.5. The Morgan fingerprint density at radius 3 is 2.76 bits per heavy atom. The number of hydrogen-bond acceptors (Lipinski definition) is 5. The zero-order chi connectivity index (χ0) is 20.5. The first-order valence-corrected chi connectivity index (χ1v) is 10.3. The summed E-state index contributed by atoms with van der Waals surface area (Å²) in [4.78, 5) is 15.2. The van der Waals surface area contributed by atoms with E-state index in [4.69, 9.17) is 13.9 Å². The molecule has 1 aliphatic heterocycles. The van der Waals surface area contributed by atoms with Crippen molar-refractivity contribution < 1.29 is 18.7 Å². The molecule has 156 valence electrons. The van der Waals surface area contributed by atoms with Gasteiger partial charge in [0.2, 0.25) is 0 Å². The Hall–Kier alpha value is -2.37. The third kappa shape index (κ3) is 5.81. The van der Waals surface area contributed by atoms with E-state index < -0.39 is 5.41 Å². The maximum atomic E-state index is 12.9. The first kappa shape index (κ1) is 21.3. The van der Waals surface area contributed by atoms with Crippen molar-refractivity contribution in [2.24, 2.45) is 5.41 Å². The van der Waals surface area contributed by atoms with Crippen LogP contribution in [0.15, 0.2) is 53.0 Å². The van der Waals surface area contributed by atoms with Gasteiger partial charge in [-0.3, -0.25) is 9.69 Å². The second kappa shape index (κ2) is 10.4. The second-order valence-corrected chi connectivity index (χ2v) is 7.63. The summed E-state index contributed by atoms with van der Waals surface area (Å²) in [6, 6.07) is 14.1. The van der Waals surface area contributed by atoms with Crippen LogP contribution in [0.3, 0.4) is 0 Å². The molecule has 0 saturated carbocycles. The molecule has 29 heavy (non-hydrogen) atoms. The largest absolute Gasteiger partial charge is 0.466 e. The van der Waals surface area contributed by atoms with Gasteiger partial charge in [0.25, 0.3) is 0 Å². The average Bonchev–Trinajstić information content (AvgIpc) is 3.16. The number of methoxy groups -OCH3 is 1. The summed E-state index contributed by atoms with van der Waals surface area (Å²) >= 11 is 0. The number of carbonyl (C=O) groups excluding carboxylic acids is 1. The third-order valence-corrected chi connectivity index (χ3v) is 5.37. The van der Waals surface area contributed by atoms with Crippen LogP contribution in [0.4, 0.5) is 0 Å². The van der Waals surface area contributed by atoms with E-state index in [1.54, 1.807) is 7.11 Å². The molecule has 0 N–H and O–H groups in total. The lowest BCUT2D eigenvalue weighted by Crippen LogP contribution is -2.48. The van der Waals surface area contributed by atoms with Gasteiger partial charge in [0.15, 0.2) is 0 Å². The van der Waals surface area contributed by atoms with E-state index in [0.29, 0.717) is 32.7 Å². The lowest BCUT2D eigenvalue weighted by atomic mass is 9.76. The molecule has 1 aromatic heterocycles. The fourth-order valence-electron chi connectivity index (χ4n) is 4.00. The molecule has 5 nitrogen and oxygen atoms in total. The van der Waals surface area contributed by atoms with Crippen LogP contribution in [-0.4, -0.2) is 37.7 Å². The van der Waals surface area contributed by atoms with E-state index >= 15 is 0 Å². The molecule has 3 rings (SSSR count). The molecule has 5 heteroatoms. The normalized spacial score (nSPS) is 20.2. The van der Waals surface area contributed by atoms with Crippen LogP contribution in [0.2, 0.25) is 0 Å². The van der Waals surface area contributed by atoms with Crippen molar-refractivity contribution in [3.63, 3.8) is 0 Å². The summed E-state index contributed by atoms with van der Waals surface area (Å²) in [5.41, 5.74) is 0.627. The number of likely N-dealkylation sites (tertiary alicyclic amines) is 1. The number of nitrogens with zero attached hydrogens (tertiary/aromatic N) is 1. The monoisotopic (exact) mass is 397 g/mol. The minimum Gasteiger partial charge on any atom is -0.466 e. The molecular formula is C24H31NO4. The Kier molecular flexibility index (Phi) is 7.67. The number of piperidine rings is 1. The number of carbonyl (C=O) groups is 1. The van der Waals surface area contributed by atoms with Crippen molar-refractivity contribution in [1.29, 1.82) is 0 Å². The number of hydrogen-bond donors (Lipinski definition) is 0. The van der Waals surface area contributed by atoms with E-state index in [1.807, 2.05) is 37.3 Å². The summed E-state index contributed by atoms with van der Waals surface area (Å²) in [6.45, 7) is 5.05. The van der Waals surface area contributed by atoms with Gasteiger partial charge in [0.05, 0.1) is 18.6 Å². The number of benzene rings is 1. The molecule has 0 amide bonds. The Bertz CT molecular complexity index is 798. The van der Waals surface area contributed by atoms with Crippen LogP contribution in [0.25, 0.3) is 6.08 Å². The highest BCUT2D eigenvalue weighted by atomic mass is 16.5. The number of esters is 1. The van der Waals surface area contributed by atoms with E-state index in [0.717, 1.165) is 36.5 Å². The molecule has 0 spiro atoms. The van der Waals surface area contributed by atoms with Crippen molar-refractivity contribution in [3.8, 4) is 0 Å². The van der Waals surface area contributed by atoms with Gasteiger partial charge in [0.1, 0.15) is 18.1 Å². The number of allylic oxidation sites excluding steroid dienone is 1. The van der Waals surface area contributed by atoms with E-state index in [1.165, 1.54) is 0 Å². The Morgan fingerprint density at radius 2 is 2.00 bits per heavy atom.